The first-order chi connectivity index (χ1) is 12.2. The fourth-order valence-electron chi connectivity index (χ4n) is 3.89. The number of guanidine groups is 1. The fourth-order valence-corrected chi connectivity index (χ4v) is 5.46. The number of nitrogens with one attached hydrogen (secondary N) is 1. The van der Waals surface area contributed by atoms with Gasteiger partial charge in [0, 0.05) is 48.6 Å². The van der Waals surface area contributed by atoms with Crippen molar-refractivity contribution >= 4 is 17.7 Å². The Morgan fingerprint density at radius 1 is 1.32 bits per heavy atom. The normalized spacial score (nSPS) is 20.7. The summed E-state index contributed by atoms with van der Waals surface area (Å²) in [4.78, 5) is 11.8. The summed E-state index contributed by atoms with van der Waals surface area (Å²) < 4.78 is 0.480. The van der Waals surface area contributed by atoms with E-state index in [4.69, 9.17) is 4.99 Å². The molecule has 1 N–H and O–H groups in total. The van der Waals surface area contributed by atoms with Crippen molar-refractivity contribution in [2.24, 2.45) is 4.99 Å². The van der Waals surface area contributed by atoms with Gasteiger partial charge in [0.25, 0.3) is 0 Å². The lowest BCUT2D eigenvalue weighted by Crippen LogP contribution is -2.53. The van der Waals surface area contributed by atoms with Crippen LogP contribution in [0, 0.1) is 6.92 Å². The minimum atomic E-state index is 0.480. The minimum Gasteiger partial charge on any atom is -0.357 e. The molecule has 0 atom stereocenters. The Labute approximate surface area is 156 Å². The van der Waals surface area contributed by atoms with E-state index in [0.717, 1.165) is 44.3 Å². The zero-order chi connectivity index (χ0) is 17.5. The summed E-state index contributed by atoms with van der Waals surface area (Å²) in [6.45, 7) is 8.22. The highest BCUT2D eigenvalue weighted by Gasteiger charge is 2.38. The number of pyridine rings is 1. The zero-order valence-corrected chi connectivity index (χ0v) is 16.6. The van der Waals surface area contributed by atoms with E-state index in [1.807, 2.05) is 13.1 Å². The number of hydrogen-bond acceptors (Lipinski definition) is 3. The summed E-state index contributed by atoms with van der Waals surface area (Å²) in [6.07, 6.45) is 9.90. The topological polar surface area (TPSA) is 40.5 Å². The third-order valence-corrected chi connectivity index (χ3v) is 6.82. The number of hydrogen-bond donors (Lipinski definition) is 1. The van der Waals surface area contributed by atoms with Crippen molar-refractivity contribution in [3.8, 4) is 0 Å². The van der Waals surface area contributed by atoms with Crippen LogP contribution in [-0.2, 0) is 6.42 Å². The molecule has 1 aliphatic carbocycles. The summed E-state index contributed by atoms with van der Waals surface area (Å²) in [7, 11) is 0. The number of aryl methyl sites for hydroxylation is 1. The van der Waals surface area contributed by atoms with Crippen molar-refractivity contribution < 1.29 is 0 Å². The van der Waals surface area contributed by atoms with Crippen LogP contribution in [0.1, 0.15) is 50.3 Å². The van der Waals surface area contributed by atoms with Crippen LogP contribution in [0.15, 0.2) is 23.3 Å². The van der Waals surface area contributed by atoms with Crippen LogP contribution in [0.5, 0.6) is 0 Å². The van der Waals surface area contributed by atoms with E-state index >= 15 is 0 Å². The van der Waals surface area contributed by atoms with Gasteiger partial charge < -0.3 is 10.2 Å². The third-order valence-electron chi connectivity index (χ3n) is 5.28. The van der Waals surface area contributed by atoms with Gasteiger partial charge in [-0.15, -0.1) is 0 Å². The van der Waals surface area contributed by atoms with Gasteiger partial charge in [-0.25, -0.2) is 0 Å². The van der Waals surface area contributed by atoms with Crippen molar-refractivity contribution in [2.45, 2.75) is 57.1 Å². The van der Waals surface area contributed by atoms with Crippen molar-refractivity contribution in [1.29, 1.82) is 0 Å². The highest BCUT2D eigenvalue weighted by atomic mass is 32.2. The SMILES string of the molecule is CCNC(=NCCc1ccc(C)nc1)N1CCSC2(CCCCC2)C1. The molecule has 0 radical (unpaired) electrons. The Kier molecular flexibility index (Phi) is 6.63. The molecule has 0 aromatic carbocycles. The second-order valence-electron chi connectivity index (χ2n) is 7.31. The van der Waals surface area contributed by atoms with Crippen LogP contribution in [0.3, 0.4) is 0 Å². The van der Waals surface area contributed by atoms with Gasteiger partial charge in [-0.1, -0.05) is 25.3 Å². The molecule has 3 rings (SSSR count). The van der Waals surface area contributed by atoms with Crippen LogP contribution >= 0.6 is 11.8 Å². The van der Waals surface area contributed by atoms with Gasteiger partial charge in [0.2, 0.25) is 0 Å². The maximum Gasteiger partial charge on any atom is 0.193 e. The van der Waals surface area contributed by atoms with Crippen LogP contribution in [0.4, 0.5) is 0 Å². The van der Waals surface area contributed by atoms with Gasteiger partial charge in [-0.05, 0) is 44.7 Å². The second kappa shape index (κ2) is 8.93. The molecule has 138 valence electrons. The number of rotatable bonds is 4. The molecule has 1 saturated heterocycles. The Morgan fingerprint density at radius 2 is 2.16 bits per heavy atom. The first-order valence-electron chi connectivity index (χ1n) is 9.79. The standard InChI is InChI=1S/C20H32N4S/c1-3-21-19(22-12-9-18-8-7-17(2)23-15-18)24-13-14-25-20(16-24)10-5-4-6-11-20/h7-8,15H,3-6,9-14,16H2,1-2H3,(H,21,22). The van der Waals surface area contributed by atoms with Crippen LogP contribution in [0.25, 0.3) is 0 Å². The van der Waals surface area contributed by atoms with E-state index in [2.05, 4.69) is 46.0 Å². The molecule has 1 saturated carbocycles. The molecule has 4 nitrogen and oxygen atoms in total. The third kappa shape index (κ3) is 5.13. The summed E-state index contributed by atoms with van der Waals surface area (Å²) in [5.74, 6) is 2.33. The van der Waals surface area contributed by atoms with Crippen LogP contribution in [-0.4, -0.2) is 52.5 Å². The van der Waals surface area contributed by atoms with Crippen molar-refractivity contribution in [3.05, 3.63) is 29.6 Å². The maximum absolute atomic E-state index is 4.93. The lowest BCUT2D eigenvalue weighted by molar-refractivity contribution is 0.293. The van der Waals surface area contributed by atoms with Gasteiger partial charge in [0.05, 0.1) is 0 Å². The molecular weight excluding hydrogens is 328 g/mol. The molecule has 1 aromatic rings. The molecule has 1 aliphatic heterocycles. The maximum atomic E-state index is 4.93. The monoisotopic (exact) mass is 360 g/mol. The Morgan fingerprint density at radius 3 is 2.88 bits per heavy atom. The zero-order valence-electron chi connectivity index (χ0n) is 15.8. The van der Waals surface area contributed by atoms with E-state index in [-0.39, 0.29) is 0 Å². The molecule has 0 bridgehead atoms. The largest absolute Gasteiger partial charge is 0.357 e. The van der Waals surface area contributed by atoms with Gasteiger partial charge in [0.1, 0.15) is 0 Å². The van der Waals surface area contributed by atoms with Gasteiger partial charge in [-0.3, -0.25) is 9.98 Å². The van der Waals surface area contributed by atoms with Gasteiger partial charge in [0.15, 0.2) is 5.96 Å². The summed E-state index contributed by atoms with van der Waals surface area (Å²) in [6, 6.07) is 4.25. The lowest BCUT2D eigenvalue weighted by Gasteiger charge is -2.45. The van der Waals surface area contributed by atoms with Gasteiger partial charge in [-0.2, -0.15) is 11.8 Å². The van der Waals surface area contributed by atoms with E-state index in [1.165, 1.54) is 43.4 Å². The quantitative estimate of drug-likeness (QED) is 0.657. The number of nitrogens with zero attached hydrogens (tertiary/aromatic N) is 3. The Bertz CT molecular complexity index is 558. The molecule has 2 aliphatic rings. The Hall–Kier alpha value is -1.23. The predicted octanol–water partition coefficient (Wildman–Crippen LogP) is 3.65. The smallest absolute Gasteiger partial charge is 0.193 e. The first-order valence-corrected chi connectivity index (χ1v) is 10.8. The average Bonchev–Trinajstić information content (AvgIpc) is 2.63. The molecule has 1 spiro atoms. The van der Waals surface area contributed by atoms with Gasteiger partial charge >= 0.3 is 0 Å². The molecule has 1 aromatic heterocycles. The Balaban J connectivity index is 1.61. The molecule has 5 heteroatoms. The lowest BCUT2D eigenvalue weighted by atomic mass is 9.87. The van der Waals surface area contributed by atoms with E-state index in [0.29, 0.717) is 4.75 Å². The van der Waals surface area contributed by atoms with Crippen molar-refractivity contribution in [2.75, 3.05) is 31.9 Å². The number of thioether (sulfide) groups is 1. The molecule has 0 amide bonds. The molecular formula is C20H32N4S. The highest BCUT2D eigenvalue weighted by molar-refractivity contribution is 8.00. The number of aromatic nitrogens is 1. The predicted molar refractivity (Wildman–Crippen MR) is 109 cm³/mol. The fraction of sp³-hybridized carbons (Fsp3) is 0.700. The first kappa shape index (κ1) is 18.6. The molecule has 2 fully saturated rings. The average molecular weight is 361 g/mol. The molecule has 25 heavy (non-hydrogen) atoms. The van der Waals surface area contributed by atoms with E-state index in [1.54, 1.807) is 0 Å². The highest BCUT2D eigenvalue weighted by Crippen LogP contribution is 2.42. The summed E-state index contributed by atoms with van der Waals surface area (Å²) >= 11 is 2.22. The number of aliphatic imine (C=N–C) groups is 1. The van der Waals surface area contributed by atoms with Crippen molar-refractivity contribution in [1.82, 2.24) is 15.2 Å². The van der Waals surface area contributed by atoms with E-state index < -0.39 is 0 Å². The van der Waals surface area contributed by atoms with Crippen molar-refractivity contribution in [3.63, 3.8) is 0 Å². The van der Waals surface area contributed by atoms with Crippen LogP contribution in [0.2, 0.25) is 0 Å². The molecule has 2 heterocycles. The molecule has 0 unspecified atom stereocenters. The minimum absolute atomic E-state index is 0.480. The van der Waals surface area contributed by atoms with Crippen LogP contribution < -0.4 is 5.32 Å². The van der Waals surface area contributed by atoms with E-state index in [9.17, 15) is 0 Å². The summed E-state index contributed by atoms with van der Waals surface area (Å²) in [5.41, 5.74) is 2.34. The summed E-state index contributed by atoms with van der Waals surface area (Å²) in [5, 5.41) is 3.52. The second-order valence-corrected chi connectivity index (χ2v) is 8.87.